The fourth-order valence-corrected chi connectivity index (χ4v) is 2.45. The number of piperidine rings is 1. The van der Waals surface area contributed by atoms with Gasteiger partial charge in [-0.15, -0.1) is 0 Å². The van der Waals surface area contributed by atoms with E-state index >= 15 is 0 Å². The number of nitro benzene ring substituents is 1. The molecule has 1 aromatic carbocycles. The molecule has 0 bridgehead atoms. The standard InChI is InChI=1S/C17H22N2O6/c1-17(2,3)25-16(21)18-9-7-14(8-10-18)24-15(20)12-5-4-6-13(11-12)19(22)23/h4-6,11,14H,7-10H2,1-3H3. The highest BCUT2D eigenvalue weighted by atomic mass is 16.6. The summed E-state index contributed by atoms with van der Waals surface area (Å²) in [5, 5.41) is 10.8. The minimum Gasteiger partial charge on any atom is -0.459 e. The van der Waals surface area contributed by atoms with Crippen LogP contribution in [0.25, 0.3) is 0 Å². The molecule has 0 spiro atoms. The number of ether oxygens (including phenoxy) is 2. The Hall–Kier alpha value is -2.64. The summed E-state index contributed by atoms with van der Waals surface area (Å²) in [5.41, 5.74) is -0.569. The molecule has 1 aliphatic heterocycles. The zero-order valence-electron chi connectivity index (χ0n) is 14.6. The fourth-order valence-electron chi connectivity index (χ4n) is 2.45. The molecule has 0 radical (unpaired) electrons. The minimum absolute atomic E-state index is 0.142. The van der Waals surface area contributed by atoms with Gasteiger partial charge in [-0.25, -0.2) is 9.59 Å². The second kappa shape index (κ2) is 7.50. The molecule has 0 aliphatic carbocycles. The molecule has 0 unspecified atom stereocenters. The van der Waals surface area contributed by atoms with E-state index in [1.165, 1.54) is 24.3 Å². The zero-order chi connectivity index (χ0) is 18.6. The van der Waals surface area contributed by atoms with Gasteiger partial charge < -0.3 is 14.4 Å². The van der Waals surface area contributed by atoms with Crippen LogP contribution in [-0.2, 0) is 9.47 Å². The summed E-state index contributed by atoms with van der Waals surface area (Å²) in [6.45, 7) is 6.28. The van der Waals surface area contributed by atoms with Gasteiger partial charge in [0.2, 0.25) is 0 Å². The van der Waals surface area contributed by atoms with E-state index < -0.39 is 16.5 Å². The minimum atomic E-state index is -0.598. The van der Waals surface area contributed by atoms with Gasteiger partial charge in [-0.2, -0.15) is 0 Å². The van der Waals surface area contributed by atoms with Gasteiger partial charge in [0.15, 0.2) is 0 Å². The number of hydrogen-bond donors (Lipinski definition) is 0. The quantitative estimate of drug-likeness (QED) is 0.472. The Morgan fingerprint density at radius 3 is 2.44 bits per heavy atom. The van der Waals surface area contributed by atoms with Gasteiger partial charge in [-0.05, 0) is 26.8 Å². The van der Waals surface area contributed by atoms with Gasteiger partial charge in [0.25, 0.3) is 5.69 Å². The number of carbonyl (C=O) groups is 2. The van der Waals surface area contributed by atoms with Crippen LogP contribution >= 0.6 is 0 Å². The molecule has 0 aromatic heterocycles. The maximum atomic E-state index is 12.1. The van der Waals surface area contributed by atoms with Crippen molar-refractivity contribution in [2.75, 3.05) is 13.1 Å². The van der Waals surface area contributed by atoms with Crippen LogP contribution in [0.15, 0.2) is 24.3 Å². The van der Waals surface area contributed by atoms with E-state index in [4.69, 9.17) is 9.47 Å². The van der Waals surface area contributed by atoms with E-state index in [0.717, 1.165) is 0 Å². The van der Waals surface area contributed by atoms with Crippen LogP contribution < -0.4 is 0 Å². The molecule has 8 heteroatoms. The highest BCUT2D eigenvalue weighted by Gasteiger charge is 2.28. The summed E-state index contributed by atoms with van der Waals surface area (Å²) in [7, 11) is 0. The van der Waals surface area contributed by atoms with Gasteiger partial charge in [0, 0.05) is 38.1 Å². The number of likely N-dealkylation sites (tertiary alicyclic amines) is 1. The van der Waals surface area contributed by atoms with E-state index in [2.05, 4.69) is 0 Å². The van der Waals surface area contributed by atoms with Crippen molar-refractivity contribution < 1.29 is 24.0 Å². The van der Waals surface area contributed by atoms with Gasteiger partial charge in [0.05, 0.1) is 10.5 Å². The Labute approximate surface area is 145 Å². The number of nitrogens with zero attached hydrogens (tertiary/aromatic N) is 2. The highest BCUT2D eigenvalue weighted by molar-refractivity contribution is 5.90. The molecule has 2 rings (SSSR count). The van der Waals surface area contributed by atoms with Crippen molar-refractivity contribution in [2.24, 2.45) is 0 Å². The first-order valence-electron chi connectivity index (χ1n) is 8.09. The average molecular weight is 350 g/mol. The normalized spacial score (nSPS) is 15.6. The van der Waals surface area contributed by atoms with Gasteiger partial charge >= 0.3 is 12.1 Å². The van der Waals surface area contributed by atoms with Crippen LogP contribution in [0.4, 0.5) is 10.5 Å². The second-order valence-corrected chi connectivity index (χ2v) is 6.88. The van der Waals surface area contributed by atoms with E-state index in [9.17, 15) is 19.7 Å². The van der Waals surface area contributed by atoms with Crippen LogP contribution in [0.3, 0.4) is 0 Å². The molecule has 1 heterocycles. The van der Waals surface area contributed by atoms with Crippen molar-refractivity contribution in [1.82, 2.24) is 4.90 Å². The Kier molecular flexibility index (Phi) is 5.61. The predicted octanol–water partition coefficient (Wildman–Crippen LogP) is 3.15. The lowest BCUT2D eigenvalue weighted by atomic mass is 10.1. The van der Waals surface area contributed by atoms with E-state index in [0.29, 0.717) is 25.9 Å². The topological polar surface area (TPSA) is 99.0 Å². The summed E-state index contributed by atoms with van der Waals surface area (Å²) in [6.07, 6.45) is 0.293. The number of amides is 1. The monoisotopic (exact) mass is 350 g/mol. The van der Waals surface area contributed by atoms with Gasteiger partial charge in [-0.3, -0.25) is 10.1 Å². The lowest BCUT2D eigenvalue weighted by Crippen LogP contribution is -2.43. The first kappa shape index (κ1) is 18.7. The molecular formula is C17H22N2O6. The molecule has 1 amide bonds. The third-order valence-electron chi connectivity index (χ3n) is 3.66. The van der Waals surface area contributed by atoms with Gasteiger partial charge in [-0.1, -0.05) is 6.07 Å². The number of benzene rings is 1. The maximum absolute atomic E-state index is 12.1. The summed E-state index contributed by atoms with van der Waals surface area (Å²) < 4.78 is 10.7. The SMILES string of the molecule is CC(C)(C)OC(=O)N1CCC(OC(=O)c2cccc([N+](=O)[O-])c2)CC1. The average Bonchev–Trinajstić information content (AvgIpc) is 2.54. The molecule has 1 fully saturated rings. The van der Waals surface area contributed by atoms with Crippen molar-refractivity contribution in [3.05, 3.63) is 39.9 Å². The molecule has 136 valence electrons. The third kappa shape index (κ3) is 5.44. The first-order chi connectivity index (χ1) is 11.7. The summed E-state index contributed by atoms with van der Waals surface area (Å²) in [5.74, 6) is -0.598. The molecule has 8 nitrogen and oxygen atoms in total. The predicted molar refractivity (Wildman–Crippen MR) is 89.3 cm³/mol. The van der Waals surface area contributed by atoms with Crippen LogP contribution in [0.1, 0.15) is 44.0 Å². The molecule has 1 aromatic rings. The first-order valence-corrected chi connectivity index (χ1v) is 8.09. The zero-order valence-corrected chi connectivity index (χ0v) is 14.6. The van der Waals surface area contributed by atoms with Gasteiger partial charge in [0.1, 0.15) is 11.7 Å². The number of nitro groups is 1. The third-order valence-corrected chi connectivity index (χ3v) is 3.66. The van der Waals surface area contributed by atoms with E-state index in [1.807, 2.05) is 0 Å². The van der Waals surface area contributed by atoms with Crippen molar-refractivity contribution in [3.63, 3.8) is 0 Å². The Balaban J connectivity index is 1.87. The van der Waals surface area contributed by atoms with Crippen LogP contribution in [0.5, 0.6) is 0 Å². The number of non-ortho nitro benzene ring substituents is 1. The molecule has 1 aliphatic rings. The van der Waals surface area contributed by atoms with Crippen LogP contribution in [-0.4, -0.2) is 46.7 Å². The Bertz CT molecular complexity index is 659. The van der Waals surface area contributed by atoms with Crippen molar-refractivity contribution in [3.8, 4) is 0 Å². The number of esters is 1. The van der Waals surface area contributed by atoms with E-state index in [1.54, 1.807) is 25.7 Å². The molecule has 0 atom stereocenters. The second-order valence-electron chi connectivity index (χ2n) is 6.88. The molecule has 1 saturated heterocycles. The van der Waals surface area contributed by atoms with Crippen LogP contribution in [0.2, 0.25) is 0 Å². The number of carbonyl (C=O) groups excluding carboxylic acids is 2. The molecular weight excluding hydrogens is 328 g/mol. The lowest BCUT2D eigenvalue weighted by Gasteiger charge is -2.33. The molecule has 0 saturated carbocycles. The molecule has 0 N–H and O–H groups in total. The summed E-state index contributed by atoms with van der Waals surface area (Å²) >= 11 is 0. The lowest BCUT2D eigenvalue weighted by molar-refractivity contribution is -0.384. The maximum Gasteiger partial charge on any atom is 0.410 e. The van der Waals surface area contributed by atoms with Crippen molar-refractivity contribution in [1.29, 1.82) is 0 Å². The number of hydrogen-bond acceptors (Lipinski definition) is 6. The largest absolute Gasteiger partial charge is 0.459 e. The summed E-state index contributed by atoms with van der Waals surface area (Å²) in [6, 6.07) is 5.43. The van der Waals surface area contributed by atoms with Crippen molar-refractivity contribution >= 4 is 17.7 Å². The molecule has 25 heavy (non-hydrogen) atoms. The Morgan fingerprint density at radius 1 is 1.24 bits per heavy atom. The summed E-state index contributed by atoms with van der Waals surface area (Å²) in [4.78, 5) is 35.9. The van der Waals surface area contributed by atoms with E-state index in [-0.39, 0.29) is 23.4 Å². The van der Waals surface area contributed by atoms with Crippen LogP contribution in [0, 0.1) is 10.1 Å². The number of rotatable bonds is 3. The fraction of sp³-hybridized carbons (Fsp3) is 0.529. The smallest absolute Gasteiger partial charge is 0.410 e. The Morgan fingerprint density at radius 2 is 1.88 bits per heavy atom. The van der Waals surface area contributed by atoms with Crippen molar-refractivity contribution in [2.45, 2.75) is 45.3 Å². The highest BCUT2D eigenvalue weighted by Crippen LogP contribution is 2.20.